The predicted octanol–water partition coefficient (Wildman–Crippen LogP) is 4.05. The Kier molecular flexibility index (Phi) is 6.80. The fraction of sp³-hybridized carbons (Fsp3) is 0.429. The molecule has 0 saturated heterocycles. The van der Waals surface area contributed by atoms with Crippen LogP contribution >= 0.6 is 0 Å². The fourth-order valence-electron chi connectivity index (χ4n) is 3.37. The summed E-state index contributed by atoms with van der Waals surface area (Å²) in [7, 11) is -7.68. The quantitative estimate of drug-likeness (QED) is 0.584. The molecule has 0 fully saturated rings. The van der Waals surface area contributed by atoms with Crippen LogP contribution in [0.3, 0.4) is 0 Å². The molecule has 3 rings (SSSR count). The molecule has 0 radical (unpaired) electrons. The Bertz CT molecular complexity index is 1190. The van der Waals surface area contributed by atoms with Crippen molar-refractivity contribution in [3.8, 4) is 5.75 Å². The molecule has 32 heavy (non-hydrogen) atoms. The highest BCUT2D eigenvalue weighted by atomic mass is 32.2. The number of hydrogen-bond acceptors (Lipinski definition) is 5. The second-order valence-corrected chi connectivity index (χ2v) is 11.8. The van der Waals surface area contributed by atoms with Crippen molar-refractivity contribution in [1.29, 1.82) is 0 Å². The molecule has 1 unspecified atom stereocenters. The first-order chi connectivity index (χ1) is 14.9. The minimum absolute atomic E-state index is 0.0532. The normalized spacial score (nSPS) is 17.0. The largest absolute Gasteiger partial charge is 0.486 e. The van der Waals surface area contributed by atoms with E-state index in [9.17, 15) is 30.0 Å². The number of ether oxygens (including phenoxy) is 1. The molecule has 0 spiro atoms. The maximum absolute atomic E-state index is 13.4. The lowest BCUT2D eigenvalue weighted by Gasteiger charge is -2.36. The number of rotatable bonds is 7. The molecular weight excluding hydrogens is 467 g/mol. The Labute approximate surface area is 186 Å². The van der Waals surface area contributed by atoms with Gasteiger partial charge in [0.15, 0.2) is 0 Å². The third-order valence-electron chi connectivity index (χ3n) is 5.30. The minimum Gasteiger partial charge on any atom is -0.486 e. The third-order valence-corrected chi connectivity index (χ3v) is 8.82. The number of benzene rings is 2. The van der Waals surface area contributed by atoms with E-state index in [-0.39, 0.29) is 35.9 Å². The SMILES string of the molecule is CCc1ccc2c(c1)N(S(=O)(=O)c1cccc(C(F)(F)F)c1)CC(CCS(=O)(=O)CC)O2. The molecule has 0 amide bonds. The molecular formula is C21H24F3NO5S2. The average Bonchev–Trinajstić information content (AvgIpc) is 2.76. The summed E-state index contributed by atoms with van der Waals surface area (Å²) in [6, 6.07) is 8.55. The first kappa shape index (κ1) is 24.4. The van der Waals surface area contributed by atoms with Gasteiger partial charge in [-0.1, -0.05) is 26.0 Å². The van der Waals surface area contributed by atoms with Gasteiger partial charge in [-0.15, -0.1) is 0 Å². The van der Waals surface area contributed by atoms with Gasteiger partial charge in [0.05, 0.1) is 28.4 Å². The van der Waals surface area contributed by atoms with Crippen molar-refractivity contribution in [2.24, 2.45) is 0 Å². The van der Waals surface area contributed by atoms with Crippen molar-refractivity contribution in [1.82, 2.24) is 0 Å². The maximum atomic E-state index is 13.4. The van der Waals surface area contributed by atoms with Crippen molar-refractivity contribution in [2.75, 3.05) is 22.4 Å². The van der Waals surface area contributed by atoms with Crippen LogP contribution < -0.4 is 9.04 Å². The number of halogens is 3. The molecule has 0 aliphatic carbocycles. The Morgan fingerprint density at radius 3 is 2.41 bits per heavy atom. The molecule has 1 aliphatic heterocycles. The number of aryl methyl sites for hydroxylation is 1. The van der Waals surface area contributed by atoms with Gasteiger partial charge in [-0.05, 0) is 48.7 Å². The molecule has 176 valence electrons. The smallest absolute Gasteiger partial charge is 0.416 e. The van der Waals surface area contributed by atoms with E-state index in [0.717, 1.165) is 28.1 Å². The van der Waals surface area contributed by atoms with Crippen molar-refractivity contribution in [3.05, 3.63) is 53.6 Å². The van der Waals surface area contributed by atoms with Crippen LogP contribution in [0.25, 0.3) is 0 Å². The van der Waals surface area contributed by atoms with E-state index in [2.05, 4.69) is 0 Å². The van der Waals surface area contributed by atoms with E-state index in [0.29, 0.717) is 12.5 Å². The Balaban J connectivity index is 2.04. The topological polar surface area (TPSA) is 80.8 Å². The van der Waals surface area contributed by atoms with Gasteiger partial charge in [-0.3, -0.25) is 4.31 Å². The number of hydrogen-bond donors (Lipinski definition) is 0. The highest BCUT2D eigenvalue weighted by molar-refractivity contribution is 7.93. The van der Waals surface area contributed by atoms with Crippen LogP contribution in [-0.2, 0) is 32.5 Å². The zero-order valence-corrected chi connectivity index (χ0v) is 19.2. The molecule has 1 aliphatic rings. The second kappa shape index (κ2) is 8.93. The standard InChI is InChI=1S/C21H24F3NO5S2/c1-3-15-8-9-20-19(12-15)25(14-17(30-20)10-11-31(26,27)4-2)32(28,29)18-7-5-6-16(13-18)21(22,23)24/h5-9,12-13,17H,3-4,10-11,14H2,1-2H3. The summed E-state index contributed by atoms with van der Waals surface area (Å²) in [6.45, 7) is 3.19. The van der Waals surface area contributed by atoms with E-state index in [1.54, 1.807) is 18.2 Å². The molecule has 1 atom stereocenters. The van der Waals surface area contributed by atoms with E-state index >= 15 is 0 Å². The number of fused-ring (bicyclic) bond motifs is 1. The van der Waals surface area contributed by atoms with E-state index < -0.39 is 42.6 Å². The Morgan fingerprint density at radius 1 is 1.06 bits per heavy atom. The van der Waals surface area contributed by atoms with Crippen LogP contribution in [0.4, 0.5) is 18.9 Å². The predicted molar refractivity (Wildman–Crippen MR) is 115 cm³/mol. The number of nitrogens with zero attached hydrogens (tertiary/aromatic N) is 1. The summed E-state index contributed by atoms with van der Waals surface area (Å²) in [5.41, 5.74) is -0.0279. The first-order valence-corrected chi connectivity index (χ1v) is 13.3. The highest BCUT2D eigenvalue weighted by Gasteiger charge is 2.37. The van der Waals surface area contributed by atoms with Crippen molar-refractivity contribution >= 4 is 25.5 Å². The zero-order chi connectivity index (χ0) is 23.7. The summed E-state index contributed by atoms with van der Waals surface area (Å²) in [4.78, 5) is -0.498. The molecule has 6 nitrogen and oxygen atoms in total. The van der Waals surface area contributed by atoms with Crippen LogP contribution in [-0.4, -0.2) is 41.0 Å². The summed E-state index contributed by atoms with van der Waals surface area (Å²) in [5, 5.41) is 0. The molecule has 11 heteroatoms. The van der Waals surface area contributed by atoms with E-state index in [1.165, 1.54) is 6.92 Å². The highest BCUT2D eigenvalue weighted by Crippen LogP contribution is 2.39. The van der Waals surface area contributed by atoms with Crippen LogP contribution in [0, 0.1) is 0 Å². The van der Waals surface area contributed by atoms with Gasteiger partial charge in [-0.25, -0.2) is 16.8 Å². The van der Waals surface area contributed by atoms with Gasteiger partial charge < -0.3 is 4.74 Å². The lowest BCUT2D eigenvalue weighted by atomic mass is 10.1. The van der Waals surface area contributed by atoms with Gasteiger partial charge in [0, 0.05) is 5.75 Å². The van der Waals surface area contributed by atoms with Crippen molar-refractivity contribution in [3.63, 3.8) is 0 Å². The van der Waals surface area contributed by atoms with Crippen LogP contribution in [0.1, 0.15) is 31.4 Å². The van der Waals surface area contributed by atoms with E-state index in [4.69, 9.17) is 4.74 Å². The zero-order valence-electron chi connectivity index (χ0n) is 17.6. The first-order valence-electron chi connectivity index (χ1n) is 10.1. The van der Waals surface area contributed by atoms with Gasteiger partial charge >= 0.3 is 6.18 Å². The van der Waals surface area contributed by atoms with Gasteiger partial charge in [0.2, 0.25) is 0 Å². The fourth-order valence-corrected chi connectivity index (χ4v) is 5.83. The third kappa shape index (κ3) is 5.20. The molecule has 0 bridgehead atoms. The van der Waals surface area contributed by atoms with Gasteiger partial charge in [-0.2, -0.15) is 13.2 Å². The number of sulfonamides is 1. The Hall–Kier alpha value is -2.27. The summed E-state index contributed by atoms with van der Waals surface area (Å²) < 4.78 is 97.0. The molecule has 0 aromatic heterocycles. The Morgan fingerprint density at radius 2 is 1.78 bits per heavy atom. The molecule has 2 aromatic carbocycles. The average molecular weight is 492 g/mol. The summed E-state index contributed by atoms with van der Waals surface area (Å²) in [5.74, 6) is -0.000884. The summed E-state index contributed by atoms with van der Waals surface area (Å²) >= 11 is 0. The second-order valence-electron chi connectivity index (χ2n) is 7.48. The van der Waals surface area contributed by atoms with Crippen molar-refractivity contribution in [2.45, 2.75) is 43.9 Å². The molecule has 0 saturated carbocycles. The van der Waals surface area contributed by atoms with Crippen LogP contribution in [0.15, 0.2) is 47.4 Å². The van der Waals surface area contributed by atoms with E-state index in [1.807, 2.05) is 6.92 Å². The van der Waals surface area contributed by atoms with Crippen LogP contribution in [0.2, 0.25) is 0 Å². The molecule has 1 heterocycles. The monoisotopic (exact) mass is 491 g/mol. The van der Waals surface area contributed by atoms with Crippen molar-refractivity contribution < 1.29 is 34.7 Å². The minimum atomic E-state index is -4.69. The number of anilines is 1. The molecule has 0 N–H and O–H groups in total. The number of sulfone groups is 1. The number of alkyl halides is 3. The van der Waals surface area contributed by atoms with Gasteiger partial charge in [0.1, 0.15) is 21.7 Å². The maximum Gasteiger partial charge on any atom is 0.416 e. The molecule has 2 aromatic rings. The summed E-state index contributed by atoms with van der Waals surface area (Å²) in [6.07, 6.45) is -4.79. The van der Waals surface area contributed by atoms with Gasteiger partial charge in [0.25, 0.3) is 10.0 Å². The lowest BCUT2D eigenvalue weighted by molar-refractivity contribution is -0.137. The van der Waals surface area contributed by atoms with Crippen LogP contribution in [0.5, 0.6) is 5.75 Å². The lowest BCUT2D eigenvalue weighted by Crippen LogP contribution is -2.44.